The lowest BCUT2D eigenvalue weighted by atomic mass is 9.98. The maximum absolute atomic E-state index is 11.9. The summed E-state index contributed by atoms with van der Waals surface area (Å²) < 4.78 is 35.7. The molecule has 0 amide bonds. The third-order valence-electron chi connectivity index (χ3n) is 2.95. The smallest absolute Gasteiger partial charge is 0.314 e. The molecule has 2 unspecified atom stereocenters. The van der Waals surface area contributed by atoms with E-state index in [4.69, 9.17) is 0 Å². The van der Waals surface area contributed by atoms with Crippen LogP contribution < -0.4 is 5.32 Å². The fourth-order valence-electron chi connectivity index (χ4n) is 1.64. The Balaban J connectivity index is 3.63. The van der Waals surface area contributed by atoms with E-state index < -0.39 is 12.6 Å². The number of rotatable bonds is 8. The number of hydrogen-bond acceptors (Lipinski definition) is 1. The van der Waals surface area contributed by atoms with E-state index in [0.29, 0.717) is 18.5 Å². The van der Waals surface area contributed by atoms with E-state index in [2.05, 4.69) is 26.1 Å². The predicted molar refractivity (Wildman–Crippen MR) is 61.4 cm³/mol. The van der Waals surface area contributed by atoms with Gasteiger partial charge in [-0.3, -0.25) is 0 Å². The average molecular weight is 239 g/mol. The second-order valence-corrected chi connectivity index (χ2v) is 4.53. The van der Waals surface area contributed by atoms with Crippen molar-refractivity contribution < 1.29 is 13.2 Å². The van der Waals surface area contributed by atoms with Crippen LogP contribution in [0.3, 0.4) is 0 Å². The van der Waals surface area contributed by atoms with Crippen molar-refractivity contribution >= 4 is 0 Å². The molecule has 2 atom stereocenters. The summed E-state index contributed by atoms with van der Waals surface area (Å²) >= 11 is 0. The van der Waals surface area contributed by atoms with Crippen molar-refractivity contribution in [2.45, 2.75) is 65.1 Å². The van der Waals surface area contributed by atoms with Gasteiger partial charge in [0.2, 0.25) is 0 Å². The van der Waals surface area contributed by atoms with E-state index in [1.54, 1.807) is 0 Å². The third-order valence-corrected chi connectivity index (χ3v) is 2.95. The van der Waals surface area contributed by atoms with E-state index in [1.807, 2.05) is 0 Å². The van der Waals surface area contributed by atoms with Gasteiger partial charge in [-0.05, 0) is 31.7 Å². The zero-order chi connectivity index (χ0) is 12.6. The molecule has 0 radical (unpaired) electrons. The Bertz CT molecular complexity index is 168. The lowest BCUT2D eigenvalue weighted by Gasteiger charge is -2.20. The fourth-order valence-corrected chi connectivity index (χ4v) is 1.64. The summed E-state index contributed by atoms with van der Waals surface area (Å²) in [4.78, 5) is 0. The topological polar surface area (TPSA) is 12.0 Å². The molecule has 1 nitrogen and oxygen atoms in total. The molecule has 1 N–H and O–H groups in total. The number of alkyl halides is 3. The Morgan fingerprint density at radius 2 is 1.75 bits per heavy atom. The summed E-state index contributed by atoms with van der Waals surface area (Å²) in [5.41, 5.74) is 0. The van der Waals surface area contributed by atoms with Gasteiger partial charge in [0.05, 0.1) is 0 Å². The van der Waals surface area contributed by atoms with Crippen molar-refractivity contribution in [3.8, 4) is 0 Å². The van der Waals surface area contributed by atoms with Crippen molar-refractivity contribution in [1.82, 2.24) is 5.32 Å². The summed E-state index contributed by atoms with van der Waals surface area (Å²) in [6, 6.07) is 0.364. The number of nitrogens with one attached hydrogen (secondary N) is 1. The summed E-state index contributed by atoms with van der Waals surface area (Å²) in [6.45, 7) is 6.86. The summed E-state index contributed by atoms with van der Waals surface area (Å²) in [5, 5.41) is 3.21. The van der Waals surface area contributed by atoms with Crippen molar-refractivity contribution in [2.24, 2.45) is 5.92 Å². The molecule has 0 bridgehead atoms. The number of halogens is 3. The minimum atomic E-state index is -4.01. The second kappa shape index (κ2) is 7.93. The molecule has 0 aliphatic carbocycles. The molecule has 0 saturated carbocycles. The average Bonchev–Trinajstić information content (AvgIpc) is 2.20. The van der Waals surface area contributed by atoms with Crippen LogP contribution in [0.15, 0.2) is 0 Å². The summed E-state index contributed by atoms with van der Waals surface area (Å²) in [7, 11) is 0. The molecule has 0 spiro atoms. The minimum absolute atomic E-state index is 0.181. The van der Waals surface area contributed by atoms with Gasteiger partial charge in [0.25, 0.3) is 0 Å². The van der Waals surface area contributed by atoms with Crippen LogP contribution in [-0.4, -0.2) is 18.8 Å². The van der Waals surface area contributed by atoms with Crippen LogP contribution in [0, 0.1) is 5.92 Å². The van der Waals surface area contributed by atoms with E-state index in [0.717, 1.165) is 19.3 Å². The van der Waals surface area contributed by atoms with Crippen LogP contribution in [0.4, 0.5) is 13.2 Å². The minimum Gasteiger partial charge on any atom is -0.314 e. The zero-order valence-corrected chi connectivity index (χ0v) is 10.5. The maximum Gasteiger partial charge on any atom is 0.389 e. The van der Waals surface area contributed by atoms with Crippen molar-refractivity contribution in [3.05, 3.63) is 0 Å². The van der Waals surface area contributed by atoms with Crippen molar-refractivity contribution in [3.63, 3.8) is 0 Å². The quantitative estimate of drug-likeness (QED) is 0.628. The molecule has 98 valence electrons. The van der Waals surface area contributed by atoms with Crippen LogP contribution >= 0.6 is 0 Å². The highest BCUT2D eigenvalue weighted by Gasteiger charge is 2.25. The van der Waals surface area contributed by atoms with Gasteiger partial charge in [0, 0.05) is 12.5 Å². The molecule has 0 aliphatic heterocycles. The normalized spacial score (nSPS) is 16.1. The molecule has 16 heavy (non-hydrogen) atoms. The van der Waals surface area contributed by atoms with Gasteiger partial charge in [-0.25, -0.2) is 0 Å². The molecule has 0 rings (SSSR count). The molecule has 0 saturated heterocycles. The van der Waals surface area contributed by atoms with Crippen LogP contribution in [-0.2, 0) is 0 Å². The first-order valence-corrected chi connectivity index (χ1v) is 6.19. The van der Waals surface area contributed by atoms with E-state index in [-0.39, 0.29) is 6.42 Å². The van der Waals surface area contributed by atoms with Gasteiger partial charge in [-0.1, -0.05) is 27.2 Å². The highest BCUT2D eigenvalue weighted by Crippen LogP contribution is 2.21. The number of hydrogen-bond donors (Lipinski definition) is 1. The van der Waals surface area contributed by atoms with Gasteiger partial charge in [0.15, 0.2) is 0 Å². The van der Waals surface area contributed by atoms with Gasteiger partial charge >= 0.3 is 6.18 Å². The van der Waals surface area contributed by atoms with Gasteiger partial charge in [-0.2, -0.15) is 13.2 Å². The Labute approximate surface area is 96.8 Å². The van der Waals surface area contributed by atoms with Gasteiger partial charge in [0.1, 0.15) is 0 Å². The molecule has 0 aromatic rings. The summed E-state index contributed by atoms with van der Waals surface area (Å²) in [6.07, 6.45) is -1.35. The lowest BCUT2D eigenvalue weighted by molar-refractivity contribution is -0.135. The molecular weight excluding hydrogens is 215 g/mol. The molecule has 0 aromatic carbocycles. The van der Waals surface area contributed by atoms with Crippen LogP contribution in [0.5, 0.6) is 0 Å². The molecule has 0 aliphatic rings. The van der Waals surface area contributed by atoms with Gasteiger partial charge < -0.3 is 5.32 Å². The largest absolute Gasteiger partial charge is 0.389 e. The van der Waals surface area contributed by atoms with E-state index >= 15 is 0 Å². The first kappa shape index (κ1) is 15.8. The molecule has 0 fully saturated rings. The predicted octanol–water partition coefficient (Wildman–Crippen LogP) is 4.13. The van der Waals surface area contributed by atoms with E-state index in [9.17, 15) is 13.2 Å². The van der Waals surface area contributed by atoms with E-state index in [1.165, 1.54) is 0 Å². The second-order valence-electron chi connectivity index (χ2n) is 4.53. The first-order chi connectivity index (χ1) is 7.39. The highest BCUT2D eigenvalue weighted by atomic mass is 19.4. The fraction of sp³-hybridized carbons (Fsp3) is 1.00. The first-order valence-electron chi connectivity index (χ1n) is 6.19. The Hall–Kier alpha value is -0.250. The van der Waals surface area contributed by atoms with Crippen LogP contribution in [0.1, 0.15) is 52.9 Å². The molecular formula is C12H24F3N. The zero-order valence-electron chi connectivity index (χ0n) is 10.5. The standard InChI is InChI=1S/C12H24F3N/c1-4-10(3)9-11(5-2)16-8-6-7-12(13,14)15/h10-11,16H,4-9H2,1-3H3. The third kappa shape index (κ3) is 9.01. The van der Waals surface area contributed by atoms with Crippen molar-refractivity contribution in [2.75, 3.05) is 6.54 Å². The SMILES string of the molecule is CCC(C)CC(CC)NCCCC(F)(F)F. The van der Waals surface area contributed by atoms with Gasteiger partial charge in [-0.15, -0.1) is 0 Å². The maximum atomic E-state index is 11.9. The molecule has 0 aromatic heterocycles. The Kier molecular flexibility index (Phi) is 7.81. The van der Waals surface area contributed by atoms with Crippen LogP contribution in [0.25, 0.3) is 0 Å². The lowest BCUT2D eigenvalue weighted by Crippen LogP contribution is -2.31. The molecule has 0 heterocycles. The molecule has 4 heteroatoms. The van der Waals surface area contributed by atoms with Crippen LogP contribution in [0.2, 0.25) is 0 Å². The monoisotopic (exact) mass is 239 g/mol. The van der Waals surface area contributed by atoms with Crippen molar-refractivity contribution in [1.29, 1.82) is 0 Å². The highest BCUT2D eigenvalue weighted by molar-refractivity contribution is 4.68. The summed E-state index contributed by atoms with van der Waals surface area (Å²) in [5.74, 6) is 0.639. The Morgan fingerprint density at radius 1 is 1.12 bits per heavy atom. The Morgan fingerprint density at radius 3 is 2.19 bits per heavy atom.